The topological polar surface area (TPSA) is 66.3 Å². The highest BCUT2D eigenvalue weighted by Gasteiger charge is 2.30. The molecule has 1 N–H and O–H groups in total. The Balaban J connectivity index is 1.86. The maximum absolute atomic E-state index is 11.1. The summed E-state index contributed by atoms with van der Waals surface area (Å²) >= 11 is 0. The van der Waals surface area contributed by atoms with Crippen LogP contribution in [-0.4, -0.2) is 39.0 Å². The second-order valence-corrected chi connectivity index (χ2v) is 5.59. The van der Waals surface area contributed by atoms with Gasteiger partial charge in [-0.15, -0.1) is 0 Å². The van der Waals surface area contributed by atoms with Crippen LogP contribution in [0.5, 0.6) is 0 Å². The van der Waals surface area contributed by atoms with E-state index in [1.54, 1.807) is 18.6 Å². The van der Waals surface area contributed by atoms with E-state index in [2.05, 4.69) is 14.9 Å². The lowest BCUT2D eigenvalue weighted by Crippen LogP contribution is -2.39. The first kappa shape index (κ1) is 14.7. The van der Waals surface area contributed by atoms with Gasteiger partial charge in [0.2, 0.25) is 0 Å². The van der Waals surface area contributed by atoms with Crippen LogP contribution in [0.2, 0.25) is 0 Å². The van der Waals surface area contributed by atoms with E-state index in [1.165, 1.54) is 0 Å². The van der Waals surface area contributed by atoms with Gasteiger partial charge in [-0.1, -0.05) is 6.07 Å². The molecule has 1 aliphatic heterocycles. The molecule has 1 aliphatic rings. The Morgan fingerprint density at radius 3 is 2.45 bits per heavy atom. The van der Waals surface area contributed by atoms with Gasteiger partial charge >= 0.3 is 5.97 Å². The van der Waals surface area contributed by atoms with Gasteiger partial charge in [-0.25, -0.2) is 0 Å². The Bertz CT molecular complexity index is 571. The maximum atomic E-state index is 11.1. The molecule has 22 heavy (non-hydrogen) atoms. The molecule has 1 unspecified atom stereocenters. The molecule has 1 saturated heterocycles. The molecule has 2 aromatic heterocycles. The number of carboxylic acids is 1. The summed E-state index contributed by atoms with van der Waals surface area (Å²) in [5.74, 6) is -0.906. The first-order valence-electron chi connectivity index (χ1n) is 7.53. The van der Waals surface area contributed by atoms with Gasteiger partial charge in [0.25, 0.3) is 0 Å². The number of piperidine rings is 1. The summed E-state index contributed by atoms with van der Waals surface area (Å²) in [5.41, 5.74) is 2.13. The van der Waals surface area contributed by atoms with E-state index in [9.17, 15) is 4.79 Å². The summed E-state index contributed by atoms with van der Waals surface area (Å²) in [4.78, 5) is 22.0. The minimum absolute atomic E-state index is 0.0546. The number of carboxylic acid groups (broad SMARTS) is 1. The van der Waals surface area contributed by atoms with Gasteiger partial charge < -0.3 is 5.11 Å². The highest BCUT2D eigenvalue weighted by atomic mass is 16.4. The van der Waals surface area contributed by atoms with E-state index >= 15 is 0 Å². The Kier molecular flexibility index (Phi) is 4.44. The molecule has 5 nitrogen and oxygen atoms in total. The van der Waals surface area contributed by atoms with Crippen molar-refractivity contribution in [3.63, 3.8) is 0 Å². The van der Waals surface area contributed by atoms with Gasteiger partial charge in [0, 0.05) is 18.6 Å². The fourth-order valence-corrected chi connectivity index (χ4v) is 3.06. The van der Waals surface area contributed by atoms with Crippen molar-refractivity contribution < 1.29 is 9.90 Å². The molecular weight excluding hydrogens is 278 g/mol. The van der Waals surface area contributed by atoms with E-state index in [-0.39, 0.29) is 12.0 Å². The number of pyridine rings is 2. The lowest BCUT2D eigenvalue weighted by atomic mass is 9.93. The summed E-state index contributed by atoms with van der Waals surface area (Å²) < 4.78 is 0. The molecule has 1 fully saturated rings. The van der Waals surface area contributed by atoms with Gasteiger partial charge in [-0.2, -0.15) is 0 Å². The normalized spacial score (nSPS) is 18.0. The molecular formula is C17H19N3O2. The third kappa shape index (κ3) is 3.14. The molecule has 0 spiro atoms. The number of aromatic nitrogens is 2. The minimum Gasteiger partial charge on any atom is -0.481 e. The third-order valence-corrected chi connectivity index (χ3v) is 4.23. The first-order chi connectivity index (χ1) is 10.8. The third-order valence-electron chi connectivity index (χ3n) is 4.23. The SMILES string of the molecule is O=C(O)C1CCN(C(c2ccncc2)c2ccccn2)CC1. The molecule has 5 heteroatoms. The lowest BCUT2D eigenvalue weighted by Gasteiger charge is -2.36. The zero-order valence-electron chi connectivity index (χ0n) is 12.3. The van der Waals surface area contributed by atoms with Crippen molar-refractivity contribution in [2.45, 2.75) is 18.9 Å². The maximum Gasteiger partial charge on any atom is 0.306 e. The van der Waals surface area contributed by atoms with Gasteiger partial charge in [0.15, 0.2) is 0 Å². The van der Waals surface area contributed by atoms with Crippen molar-refractivity contribution in [3.05, 3.63) is 60.2 Å². The zero-order valence-corrected chi connectivity index (χ0v) is 12.3. The van der Waals surface area contributed by atoms with E-state index in [4.69, 9.17) is 5.11 Å². The number of hydrogen-bond acceptors (Lipinski definition) is 4. The van der Waals surface area contributed by atoms with Gasteiger partial charge in [-0.05, 0) is 55.8 Å². The van der Waals surface area contributed by atoms with Crippen LogP contribution in [0.1, 0.15) is 30.1 Å². The minimum atomic E-state index is -0.682. The van der Waals surface area contributed by atoms with Crippen LogP contribution in [0, 0.1) is 5.92 Å². The highest BCUT2D eigenvalue weighted by Crippen LogP contribution is 2.31. The Morgan fingerprint density at radius 1 is 1.14 bits per heavy atom. The molecule has 0 bridgehead atoms. The van der Waals surface area contributed by atoms with E-state index in [0.29, 0.717) is 12.8 Å². The average Bonchev–Trinajstić information content (AvgIpc) is 2.57. The van der Waals surface area contributed by atoms with Crippen molar-refractivity contribution in [3.8, 4) is 0 Å². The number of aliphatic carboxylic acids is 1. The molecule has 0 aromatic carbocycles. The van der Waals surface area contributed by atoms with E-state index < -0.39 is 5.97 Å². The van der Waals surface area contributed by atoms with E-state index in [1.807, 2.05) is 30.3 Å². The lowest BCUT2D eigenvalue weighted by molar-refractivity contribution is -0.143. The van der Waals surface area contributed by atoms with Crippen LogP contribution in [0.15, 0.2) is 48.9 Å². The highest BCUT2D eigenvalue weighted by molar-refractivity contribution is 5.70. The van der Waals surface area contributed by atoms with Crippen LogP contribution < -0.4 is 0 Å². The second kappa shape index (κ2) is 6.66. The summed E-state index contributed by atoms with van der Waals surface area (Å²) in [5, 5.41) is 9.16. The summed E-state index contributed by atoms with van der Waals surface area (Å²) in [6, 6.07) is 9.98. The molecule has 2 aromatic rings. The molecule has 0 aliphatic carbocycles. The van der Waals surface area contributed by atoms with Crippen LogP contribution in [0.25, 0.3) is 0 Å². The first-order valence-corrected chi connectivity index (χ1v) is 7.53. The number of hydrogen-bond donors (Lipinski definition) is 1. The van der Waals surface area contributed by atoms with Crippen molar-refractivity contribution in [1.82, 2.24) is 14.9 Å². The summed E-state index contributed by atoms with van der Waals surface area (Å²) in [6.07, 6.45) is 6.74. The predicted octanol–water partition coefficient (Wildman–Crippen LogP) is 2.36. The van der Waals surface area contributed by atoms with Crippen molar-refractivity contribution in [1.29, 1.82) is 0 Å². The number of nitrogens with zero attached hydrogens (tertiary/aromatic N) is 3. The number of carbonyl (C=O) groups is 1. The number of rotatable bonds is 4. The molecule has 3 heterocycles. The largest absolute Gasteiger partial charge is 0.481 e. The molecule has 114 valence electrons. The molecule has 1 atom stereocenters. The fourth-order valence-electron chi connectivity index (χ4n) is 3.06. The predicted molar refractivity (Wildman–Crippen MR) is 82.2 cm³/mol. The molecule has 0 saturated carbocycles. The molecule has 0 radical (unpaired) electrons. The zero-order chi connectivity index (χ0) is 15.4. The summed E-state index contributed by atoms with van der Waals surface area (Å²) in [7, 11) is 0. The van der Waals surface area contributed by atoms with Crippen LogP contribution in [0.4, 0.5) is 0 Å². The monoisotopic (exact) mass is 297 g/mol. The molecule has 0 amide bonds. The Morgan fingerprint density at radius 2 is 1.86 bits per heavy atom. The smallest absolute Gasteiger partial charge is 0.306 e. The Labute approximate surface area is 129 Å². The van der Waals surface area contributed by atoms with Crippen LogP contribution >= 0.6 is 0 Å². The van der Waals surface area contributed by atoms with Gasteiger partial charge in [0.05, 0.1) is 17.7 Å². The van der Waals surface area contributed by atoms with E-state index in [0.717, 1.165) is 24.3 Å². The number of likely N-dealkylation sites (tertiary alicyclic amines) is 1. The molecule has 3 rings (SSSR count). The van der Waals surface area contributed by atoms with Gasteiger partial charge in [0.1, 0.15) is 0 Å². The van der Waals surface area contributed by atoms with Crippen LogP contribution in [0.3, 0.4) is 0 Å². The van der Waals surface area contributed by atoms with Crippen LogP contribution in [-0.2, 0) is 4.79 Å². The van der Waals surface area contributed by atoms with Crippen molar-refractivity contribution in [2.75, 3.05) is 13.1 Å². The fraction of sp³-hybridized carbons (Fsp3) is 0.353. The quantitative estimate of drug-likeness (QED) is 0.938. The summed E-state index contributed by atoms with van der Waals surface area (Å²) in [6.45, 7) is 1.53. The standard InChI is InChI=1S/C17H19N3O2/c21-17(22)14-6-11-20(12-7-14)16(13-4-9-18-10-5-13)15-3-1-2-8-19-15/h1-5,8-10,14,16H,6-7,11-12H2,(H,21,22). The van der Waals surface area contributed by atoms with Crippen molar-refractivity contribution in [2.24, 2.45) is 5.92 Å². The second-order valence-electron chi connectivity index (χ2n) is 5.59. The Hall–Kier alpha value is -2.27. The van der Waals surface area contributed by atoms with Crippen molar-refractivity contribution >= 4 is 5.97 Å². The van der Waals surface area contributed by atoms with Gasteiger partial charge in [-0.3, -0.25) is 19.7 Å². The average molecular weight is 297 g/mol.